The number of hydrogen-bond acceptors (Lipinski definition) is 4. The van der Waals surface area contributed by atoms with Crippen molar-refractivity contribution in [2.45, 2.75) is 52.3 Å². The molecule has 2 amide bonds. The number of ether oxygens (including phenoxy) is 1. The van der Waals surface area contributed by atoms with Gasteiger partial charge in [0, 0.05) is 31.2 Å². The Kier molecular flexibility index (Phi) is 5.60. The summed E-state index contributed by atoms with van der Waals surface area (Å²) in [5.74, 6) is 0.560. The van der Waals surface area contributed by atoms with E-state index in [9.17, 15) is 4.79 Å². The first-order chi connectivity index (χ1) is 10.4. The molecule has 0 radical (unpaired) electrons. The molecule has 1 aliphatic rings. The zero-order valence-corrected chi connectivity index (χ0v) is 13.8. The van der Waals surface area contributed by atoms with Gasteiger partial charge in [0.1, 0.15) is 0 Å². The number of urea groups is 1. The third-order valence-corrected chi connectivity index (χ3v) is 3.64. The molecule has 22 heavy (non-hydrogen) atoms. The van der Waals surface area contributed by atoms with Crippen molar-refractivity contribution in [2.75, 3.05) is 18.4 Å². The van der Waals surface area contributed by atoms with Gasteiger partial charge in [-0.1, -0.05) is 0 Å². The average Bonchev–Trinajstić information content (AvgIpc) is 2.89. The molecule has 1 aliphatic heterocycles. The van der Waals surface area contributed by atoms with Crippen molar-refractivity contribution < 1.29 is 9.53 Å². The normalized spacial score (nSPS) is 18.7. The topological polar surface area (TPSA) is 66.5 Å². The molecule has 6 heteroatoms. The zero-order valence-electron chi connectivity index (χ0n) is 13.8. The number of anilines is 1. The molecule has 0 spiro atoms. The predicted octanol–water partition coefficient (Wildman–Crippen LogP) is 2.47. The Morgan fingerprint density at radius 2 is 2.14 bits per heavy atom. The van der Waals surface area contributed by atoms with Crippen LogP contribution in [0.25, 0.3) is 0 Å². The number of carbonyl (C=O) groups excluding carboxylic acids is 1. The Labute approximate surface area is 132 Å². The molecule has 1 saturated heterocycles. The molecule has 6 nitrogen and oxygen atoms in total. The monoisotopic (exact) mass is 306 g/mol. The molecular formula is C16H26N4O2. The van der Waals surface area contributed by atoms with E-state index in [1.807, 2.05) is 13.8 Å². The van der Waals surface area contributed by atoms with Crippen molar-refractivity contribution in [1.29, 1.82) is 0 Å². The second-order valence-electron chi connectivity index (χ2n) is 6.22. The third kappa shape index (κ3) is 4.87. The van der Waals surface area contributed by atoms with Crippen molar-refractivity contribution in [3.05, 3.63) is 18.3 Å². The molecule has 1 atom stereocenters. The van der Waals surface area contributed by atoms with Gasteiger partial charge in [0.25, 0.3) is 0 Å². The summed E-state index contributed by atoms with van der Waals surface area (Å²) in [6.45, 7) is 10.2. The molecule has 2 heterocycles. The van der Waals surface area contributed by atoms with E-state index in [0.29, 0.717) is 17.6 Å². The maximum Gasteiger partial charge on any atom is 0.319 e. The number of pyridine rings is 1. The first-order valence-corrected chi connectivity index (χ1v) is 7.88. The van der Waals surface area contributed by atoms with Gasteiger partial charge in [-0.3, -0.25) is 4.90 Å². The molecule has 0 bridgehead atoms. The summed E-state index contributed by atoms with van der Waals surface area (Å²) in [4.78, 5) is 18.5. The van der Waals surface area contributed by atoms with E-state index in [1.54, 1.807) is 18.3 Å². The average molecular weight is 306 g/mol. The first-order valence-electron chi connectivity index (χ1n) is 7.88. The van der Waals surface area contributed by atoms with Crippen molar-refractivity contribution in [3.63, 3.8) is 0 Å². The van der Waals surface area contributed by atoms with Gasteiger partial charge < -0.3 is 15.4 Å². The second-order valence-corrected chi connectivity index (χ2v) is 6.22. The maximum atomic E-state index is 12.0. The van der Waals surface area contributed by atoms with Crippen LogP contribution in [0, 0.1) is 0 Å². The number of likely N-dealkylation sites (tertiary alicyclic amines) is 1. The van der Waals surface area contributed by atoms with Gasteiger partial charge in [-0.15, -0.1) is 0 Å². The van der Waals surface area contributed by atoms with Gasteiger partial charge >= 0.3 is 6.03 Å². The fourth-order valence-electron chi connectivity index (χ4n) is 2.49. The van der Waals surface area contributed by atoms with Crippen LogP contribution in [-0.2, 0) is 0 Å². The lowest BCUT2D eigenvalue weighted by molar-refractivity contribution is 0.232. The molecule has 0 aliphatic carbocycles. The summed E-state index contributed by atoms with van der Waals surface area (Å²) in [6.07, 6.45) is 2.68. The van der Waals surface area contributed by atoms with Crippen LogP contribution in [0.4, 0.5) is 10.5 Å². The Morgan fingerprint density at radius 3 is 2.68 bits per heavy atom. The highest BCUT2D eigenvalue weighted by atomic mass is 16.5. The molecule has 1 aromatic heterocycles. The summed E-state index contributed by atoms with van der Waals surface area (Å²) in [7, 11) is 0. The van der Waals surface area contributed by atoms with Gasteiger partial charge in [-0.25, -0.2) is 9.78 Å². The molecule has 1 unspecified atom stereocenters. The third-order valence-electron chi connectivity index (χ3n) is 3.64. The lowest BCUT2D eigenvalue weighted by atomic mass is 10.3. The van der Waals surface area contributed by atoms with Gasteiger partial charge in [0.15, 0.2) is 0 Å². The minimum Gasteiger partial charge on any atom is -0.475 e. The van der Waals surface area contributed by atoms with E-state index in [1.165, 1.54) is 0 Å². The molecule has 0 aromatic carbocycles. The minimum absolute atomic E-state index is 0.0841. The second kappa shape index (κ2) is 7.45. The van der Waals surface area contributed by atoms with Crippen LogP contribution in [0.1, 0.15) is 34.1 Å². The van der Waals surface area contributed by atoms with Gasteiger partial charge in [0.05, 0.1) is 18.0 Å². The van der Waals surface area contributed by atoms with Crippen LogP contribution in [0.15, 0.2) is 18.3 Å². The highest BCUT2D eigenvalue weighted by Crippen LogP contribution is 2.14. The number of carbonyl (C=O) groups is 1. The summed E-state index contributed by atoms with van der Waals surface area (Å²) in [5.41, 5.74) is 0.660. The van der Waals surface area contributed by atoms with Crippen LogP contribution in [0.5, 0.6) is 5.88 Å². The van der Waals surface area contributed by atoms with Crippen molar-refractivity contribution in [1.82, 2.24) is 15.2 Å². The molecule has 0 saturated carbocycles. The summed E-state index contributed by atoms with van der Waals surface area (Å²) in [6, 6.07) is 4.09. The minimum atomic E-state index is -0.185. The molecule has 1 aromatic rings. The van der Waals surface area contributed by atoms with Crippen LogP contribution >= 0.6 is 0 Å². The number of nitrogens with one attached hydrogen (secondary N) is 2. The summed E-state index contributed by atoms with van der Waals surface area (Å²) in [5, 5.41) is 5.82. The van der Waals surface area contributed by atoms with E-state index in [2.05, 4.69) is 34.4 Å². The van der Waals surface area contributed by atoms with Gasteiger partial charge in [-0.05, 0) is 40.2 Å². The Bertz CT molecular complexity index is 487. The molecule has 122 valence electrons. The molecule has 2 N–H and O–H groups in total. The highest BCUT2D eigenvalue weighted by molar-refractivity contribution is 5.89. The Hall–Kier alpha value is -1.82. The van der Waals surface area contributed by atoms with Crippen LogP contribution in [-0.4, -0.2) is 47.2 Å². The quantitative estimate of drug-likeness (QED) is 0.877. The number of rotatable bonds is 5. The van der Waals surface area contributed by atoms with Crippen LogP contribution in [0.2, 0.25) is 0 Å². The SMILES string of the molecule is CC(C)Oc1ccc(NC(=O)NC2CCN(C(C)C)C2)cn1. The largest absolute Gasteiger partial charge is 0.475 e. The van der Waals surface area contributed by atoms with Crippen molar-refractivity contribution >= 4 is 11.7 Å². The van der Waals surface area contributed by atoms with E-state index < -0.39 is 0 Å². The number of nitrogens with zero attached hydrogens (tertiary/aromatic N) is 2. The number of hydrogen-bond donors (Lipinski definition) is 2. The Morgan fingerprint density at radius 1 is 1.36 bits per heavy atom. The fraction of sp³-hybridized carbons (Fsp3) is 0.625. The zero-order chi connectivity index (χ0) is 16.1. The van der Waals surface area contributed by atoms with Gasteiger partial charge in [-0.2, -0.15) is 0 Å². The molecule has 2 rings (SSSR count). The smallest absolute Gasteiger partial charge is 0.319 e. The van der Waals surface area contributed by atoms with Crippen molar-refractivity contribution in [2.24, 2.45) is 0 Å². The van der Waals surface area contributed by atoms with Crippen LogP contribution < -0.4 is 15.4 Å². The van der Waals surface area contributed by atoms with Crippen molar-refractivity contribution in [3.8, 4) is 5.88 Å². The van der Waals surface area contributed by atoms with Crippen LogP contribution in [0.3, 0.4) is 0 Å². The fourth-order valence-corrected chi connectivity index (χ4v) is 2.49. The molecular weight excluding hydrogens is 280 g/mol. The highest BCUT2D eigenvalue weighted by Gasteiger charge is 2.25. The number of amides is 2. The predicted molar refractivity (Wildman–Crippen MR) is 87.3 cm³/mol. The first kappa shape index (κ1) is 16.5. The van der Waals surface area contributed by atoms with E-state index in [0.717, 1.165) is 19.5 Å². The van der Waals surface area contributed by atoms with E-state index in [4.69, 9.17) is 4.74 Å². The van der Waals surface area contributed by atoms with E-state index in [-0.39, 0.29) is 18.2 Å². The van der Waals surface area contributed by atoms with Gasteiger partial charge in [0.2, 0.25) is 5.88 Å². The Balaban J connectivity index is 1.80. The standard InChI is InChI=1S/C16H26N4O2/c1-11(2)20-8-7-14(10-20)19-16(21)18-13-5-6-15(17-9-13)22-12(3)4/h5-6,9,11-12,14H,7-8,10H2,1-4H3,(H2,18,19,21). The van der Waals surface area contributed by atoms with E-state index >= 15 is 0 Å². The molecule has 1 fully saturated rings. The lowest BCUT2D eigenvalue weighted by Gasteiger charge is -2.20. The maximum absolute atomic E-state index is 12.0. The summed E-state index contributed by atoms with van der Waals surface area (Å²) < 4.78 is 5.47. The number of aromatic nitrogens is 1. The lowest BCUT2D eigenvalue weighted by Crippen LogP contribution is -2.40. The summed E-state index contributed by atoms with van der Waals surface area (Å²) >= 11 is 0.